The van der Waals surface area contributed by atoms with Gasteiger partial charge in [0.25, 0.3) is 0 Å². The molecule has 2 aromatic rings. The highest BCUT2D eigenvalue weighted by Crippen LogP contribution is 2.10. The molecule has 0 saturated carbocycles. The van der Waals surface area contributed by atoms with Gasteiger partial charge in [0.15, 0.2) is 0 Å². The highest BCUT2D eigenvalue weighted by atomic mass is 16.5. The van der Waals surface area contributed by atoms with E-state index in [1.165, 1.54) is 0 Å². The summed E-state index contributed by atoms with van der Waals surface area (Å²) in [4.78, 5) is 13.4. The van der Waals surface area contributed by atoms with Crippen LogP contribution in [-0.4, -0.2) is 61.0 Å². The van der Waals surface area contributed by atoms with Gasteiger partial charge in [-0.25, -0.2) is 0 Å². The number of hydrogen-bond donors (Lipinski definition) is 3. The number of aromatic nitrogens is 3. The third kappa shape index (κ3) is 8.59. The van der Waals surface area contributed by atoms with Crippen molar-refractivity contribution in [3.63, 3.8) is 0 Å². The third-order valence-electron chi connectivity index (χ3n) is 3.46. The Bertz CT molecular complexity index is 669. The van der Waals surface area contributed by atoms with E-state index in [9.17, 15) is 0 Å². The highest BCUT2D eigenvalue weighted by Gasteiger charge is 2.07. The number of nitrogens with zero attached hydrogens (tertiary/aromatic N) is 3. The average molecular weight is 372 g/mol. The molecule has 1 aromatic carbocycles. The van der Waals surface area contributed by atoms with Gasteiger partial charge in [0.2, 0.25) is 11.9 Å². The first-order valence-electron chi connectivity index (χ1n) is 9.05. The van der Waals surface area contributed by atoms with Gasteiger partial charge in [0, 0.05) is 26.1 Å². The third-order valence-corrected chi connectivity index (χ3v) is 3.46. The van der Waals surface area contributed by atoms with Gasteiger partial charge < -0.3 is 25.8 Å². The largest absolute Gasteiger partial charge is 0.378 e. The van der Waals surface area contributed by atoms with Crippen molar-refractivity contribution in [3.05, 3.63) is 54.4 Å². The van der Waals surface area contributed by atoms with Crippen LogP contribution in [-0.2, 0) is 15.9 Å². The molecule has 0 fully saturated rings. The van der Waals surface area contributed by atoms with E-state index in [1.807, 2.05) is 30.3 Å². The van der Waals surface area contributed by atoms with Crippen LogP contribution < -0.4 is 16.4 Å². The lowest BCUT2D eigenvalue weighted by molar-refractivity contribution is 0.0547. The molecule has 0 unspecified atom stereocenters. The summed E-state index contributed by atoms with van der Waals surface area (Å²) in [6, 6.07) is 10.1. The van der Waals surface area contributed by atoms with Gasteiger partial charge in [-0.2, -0.15) is 15.0 Å². The van der Waals surface area contributed by atoms with E-state index in [1.54, 1.807) is 6.08 Å². The first-order valence-corrected chi connectivity index (χ1v) is 9.05. The molecule has 0 saturated heterocycles. The first-order chi connectivity index (χ1) is 13.3. The Kier molecular flexibility index (Phi) is 9.80. The zero-order valence-electron chi connectivity index (χ0n) is 15.6. The minimum atomic E-state index is 0.519. The molecule has 4 N–H and O–H groups in total. The van der Waals surface area contributed by atoms with Gasteiger partial charge >= 0.3 is 0 Å². The van der Waals surface area contributed by atoms with E-state index >= 15 is 0 Å². The minimum Gasteiger partial charge on any atom is -0.378 e. The lowest BCUT2D eigenvalue weighted by Gasteiger charge is -2.10. The molecule has 0 radical (unpaired) electrons. The Hall–Kier alpha value is -2.55. The van der Waals surface area contributed by atoms with E-state index in [0.717, 1.165) is 5.56 Å². The second-order valence-corrected chi connectivity index (χ2v) is 5.67. The highest BCUT2D eigenvalue weighted by molar-refractivity contribution is 5.36. The molecule has 0 aliphatic rings. The minimum absolute atomic E-state index is 0.519. The molecule has 0 amide bonds. The SMILES string of the molecule is C=CCNc1nc(Cc2ccccc2)nc(NCCOCCOCCN)n1. The van der Waals surface area contributed by atoms with E-state index in [4.69, 9.17) is 15.2 Å². The summed E-state index contributed by atoms with van der Waals surface area (Å²) in [6.45, 7) is 7.55. The zero-order chi connectivity index (χ0) is 19.2. The van der Waals surface area contributed by atoms with Crippen LogP contribution in [0.15, 0.2) is 43.0 Å². The molecule has 0 atom stereocenters. The summed E-state index contributed by atoms with van der Waals surface area (Å²) in [5.74, 6) is 1.74. The summed E-state index contributed by atoms with van der Waals surface area (Å²) >= 11 is 0. The normalized spacial score (nSPS) is 10.6. The van der Waals surface area contributed by atoms with Crippen molar-refractivity contribution in [1.82, 2.24) is 15.0 Å². The van der Waals surface area contributed by atoms with Crippen molar-refractivity contribution >= 4 is 11.9 Å². The van der Waals surface area contributed by atoms with Gasteiger partial charge in [-0.05, 0) is 5.56 Å². The smallest absolute Gasteiger partial charge is 0.228 e. The fourth-order valence-electron chi connectivity index (χ4n) is 2.24. The lowest BCUT2D eigenvalue weighted by Crippen LogP contribution is -2.17. The molecule has 1 heterocycles. The number of nitrogens with two attached hydrogens (primary N) is 1. The molecule has 0 spiro atoms. The summed E-state index contributed by atoms with van der Waals surface area (Å²) in [7, 11) is 0. The van der Waals surface area contributed by atoms with Crippen LogP contribution >= 0.6 is 0 Å². The quantitative estimate of drug-likeness (QED) is 0.338. The maximum absolute atomic E-state index is 5.49. The Morgan fingerprint density at radius 1 is 0.926 bits per heavy atom. The number of hydrogen-bond acceptors (Lipinski definition) is 8. The average Bonchev–Trinajstić information content (AvgIpc) is 2.69. The number of anilines is 2. The predicted octanol–water partition coefficient (Wildman–Crippen LogP) is 1.46. The number of benzene rings is 1. The topological polar surface area (TPSA) is 107 Å². The van der Waals surface area contributed by atoms with Crippen molar-refractivity contribution in [2.24, 2.45) is 5.73 Å². The van der Waals surface area contributed by atoms with Crippen LogP contribution in [0.3, 0.4) is 0 Å². The maximum Gasteiger partial charge on any atom is 0.228 e. The lowest BCUT2D eigenvalue weighted by atomic mass is 10.1. The molecule has 146 valence electrons. The number of rotatable bonds is 14. The van der Waals surface area contributed by atoms with Gasteiger partial charge in [0.1, 0.15) is 5.82 Å². The Balaban J connectivity index is 1.87. The fraction of sp³-hybridized carbons (Fsp3) is 0.421. The summed E-state index contributed by atoms with van der Waals surface area (Å²) in [5, 5.41) is 6.29. The maximum atomic E-state index is 5.49. The molecule has 27 heavy (non-hydrogen) atoms. The van der Waals surface area contributed by atoms with Crippen LogP contribution in [0, 0.1) is 0 Å². The van der Waals surface area contributed by atoms with E-state index < -0.39 is 0 Å². The molecule has 0 bridgehead atoms. The van der Waals surface area contributed by atoms with Gasteiger partial charge in [0.05, 0.1) is 26.4 Å². The van der Waals surface area contributed by atoms with Crippen molar-refractivity contribution < 1.29 is 9.47 Å². The van der Waals surface area contributed by atoms with Gasteiger partial charge in [-0.15, -0.1) is 6.58 Å². The monoisotopic (exact) mass is 372 g/mol. The second kappa shape index (κ2) is 12.7. The molecule has 0 aliphatic carbocycles. The first kappa shape index (κ1) is 20.8. The second-order valence-electron chi connectivity index (χ2n) is 5.67. The van der Waals surface area contributed by atoms with Crippen molar-refractivity contribution in [3.8, 4) is 0 Å². The van der Waals surface area contributed by atoms with Crippen molar-refractivity contribution in [1.29, 1.82) is 0 Å². The van der Waals surface area contributed by atoms with E-state index in [0.29, 0.717) is 70.2 Å². The van der Waals surface area contributed by atoms with Crippen molar-refractivity contribution in [2.75, 3.05) is 56.7 Å². The zero-order valence-corrected chi connectivity index (χ0v) is 15.6. The Labute approximate surface area is 160 Å². The van der Waals surface area contributed by atoms with E-state index in [-0.39, 0.29) is 0 Å². The fourth-order valence-corrected chi connectivity index (χ4v) is 2.24. The van der Waals surface area contributed by atoms with Crippen LogP contribution in [0.4, 0.5) is 11.9 Å². The summed E-state index contributed by atoms with van der Waals surface area (Å²) < 4.78 is 10.7. The van der Waals surface area contributed by atoms with Crippen LogP contribution in [0.25, 0.3) is 0 Å². The molecule has 8 nitrogen and oxygen atoms in total. The van der Waals surface area contributed by atoms with Crippen LogP contribution in [0.2, 0.25) is 0 Å². The standard InChI is InChI=1S/C19H28N6O2/c1-2-9-21-18-23-17(15-16-6-4-3-5-7-16)24-19(25-18)22-10-12-27-14-13-26-11-8-20/h2-7H,1,8-15,20H2,(H2,21,22,23,24,25). The predicted molar refractivity (Wildman–Crippen MR) is 107 cm³/mol. The summed E-state index contributed by atoms with van der Waals surface area (Å²) in [6.07, 6.45) is 2.39. The number of ether oxygens (including phenoxy) is 2. The van der Waals surface area contributed by atoms with Crippen LogP contribution in [0.1, 0.15) is 11.4 Å². The molecular formula is C19H28N6O2. The number of nitrogens with one attached hydrogen (secondary N) is 2. The Morgan fingerprint density at radius 3 is 2.33 bits per heavy atom. The van der Waals surface area contributed by atoms with Gasteiger partial charge in [-0.3, -0.25) is 0 Å². The van der Waals surface area contributed by atoms with Crippen molar-refractivity contribution in [2.45, 2.75) is 6.42 Å². The molecule has 8 heteroatoms. The van der Waals surface area contributed by atoms with Crippen LogP contribution in [0.5, 0.6) is 0 Å². The molecule has 2 rings (SSSR count). The Morgan fingerprint density at radius 2 is 1.63 bits per heavy atom. The molecular weight excluding hydrogens is 344 g/mol. The van der Waals surface area contributed by atoms with E-state index in [2.05, 4.69) is 32.2 Å². The molecule has 0 aliphatic heterocycles. The molecule has 1 aromatic heterocycles. The van der Waals surface area contributed by atoms with Gasteiger partial charge in [-0.1, -0.05) is 36.4 Å². The summed E-state index contributed by atoms with van der Waals surface area (Å²) in [5.41, 5.74) is 6.50.